The molecule has 200 valence electrons. The van der Waals surface area contributed by atoms with E-state index in [1.165, 1.54) is 28.0 Å². The Morgan fingerprint density at radius 3 is 2.49 bits per heavy atom. The third-order valence-electron chi connectivity index (χ3n) is 6.62. The van der Waals surface area contributed by atoms with Crippen LogP contribution in [0.3, 0.4) is 0 Å². The summed E-state index contributed by atoms with van der Waals surface area (Å²) in [6.07, 6.45) is 1.82. The van der Waals surface area contributed by atoms with Crippen molar-refractivity contribution in [3.63, 3.8) is 0 Å². The van der Waals surface area contributed by atoms with Gasteiger partial charge in [0, 0.05) is 17.1 Å². The van der Waals surface area contributed by atoms with Gasteiger partial charge in [-0.1, -0.05) is 46.7 Å². The zero-order valence-electron chi connectivity index (χ0n) is 21.6. The monoisotopic (exact) mass is 583 g/mol. The lowest BCUT2D eigenvalue weighted by atomic mass is 9.96. The summed E-state index contributed by atoms with van der Waals surface area (Å²) in [6, 6.07) is 12.4. The quantitative estimate of drug-likeness (QED) is 0.285. The summed E-state index contributed by atoms with van der Waals surface area (Å²) in [4.78, 5) is 31.9. The zero-order valence-corrected chi connectivity index (χ0v) is 23.9. The van der Waals surface area contributed by atoms with Crippen molar-refractivity contribution in [2.24, 2.45) is 4.99 Å². The van der Waals surface area contributed by atoms with Crippen molar-refractivity contribution in [2.75, 3.05) is 6.61 Å². The van der Waals surface area contributed by atoms with Gasteiger partial charge in [-0.3, -0.25) is 9.36 Å². The van der Waals surface area contributed by atoms with Crippen LogP contribution in [-0.4, -0.2) is 21.7 Å². The fourth-order valence-electron chi connectivity index (χ4n) is 4.85. The molecule has 10 heteroatoms. The Hall–Kier alpha value is -3.46. The molecule has 4 aromatic rings. The van der Waals surface area contributed by atoms with Crippen molar-refractivity contribution in [1.82, 2.24) is 9.13 Å². The molecule has 2 aromatic heterocycles. The number of aromatic nitrogens is 2. The second-order valence-electron chi connectivity index (χ2n) is 9.11. The van der Waals surface area contributed by atoms with E-state index in [0.29, 0.717) is 30.6 Å². The van der Waals surface area contributed by atoms with Gasteiger partial charge in [-0.2, -0.15) is 0 Å². The number of halogens is 3. The van der Waals surface area contributed by atoms with Gasteiger partial charge >= 0.3 is 5.97 Å². The predicted molar refractivity (Wildman–Crippen MR) is 152 cm³/mol. The largest absolute Gasteiger partial charge is 0.463 e. The van der Waals surface area contributed by atoms with E-state index in [2.05, 4.69) is 4.99 Å². The molecule has 39 heavy (non-hydrogen) atoms. The van der Waals surface area contributed by atoms with Crippen LogP contribution in [0.15, 0.2) is 69.6 Å². The molecule has 1 aliphatic heterocycles. The van der Waals surface area contributed by atoms with Crippen LogP contribution in [-0.2, 0) is 9.53 Å². The fraction of sp³-hybridized carbons (Fsp3) is 0.207. The van der Waals surface area contributed by atoms with E-state index in [1.807, 2.05) is 36.6 Å². The van der Waals surface area contributed by atoms with Gasteiger partial charge in [0.05, 0.1) is 38.5 Å². The molecule has 0 aliphatic carbocycles. The molecule has 3 heterocycles. The SMILES string of the molecule is CCOC(=O)C1=C(C)N=c2s/c(=C/c3cc(C)n(-c4ccc(Cl)c(Cl)c4)c3C)c(=O)n2[C@@H]1c1ccc(F)cc1. The van der Waals surface area contributed by atoms with E-state index >= 15 is 0 Å². The van der Waals surface area contributed by atoms with E-state index in [1.54, 1.807) is 38.1 Å². The maximum absolute atomic E-state index is 13.9. The minimum Gasteiger partial charge on any atom is -0.463 e. The topological polar surface area (TPSA) is 65.6 Å². The Bertz CT molecular complexity index is 1830. The lowest BCUT2D eigenvalue weighted by Gasteiger charge is -2.24. The molecular formula is C29H24Cl2FN3O3S. The summed E-state index contributed by atoms with van der Waals surface area (Å²) in [5.41, 5.74) is 4.55. The normalized spacial score (nSPS) is 15.4. The Balaban J connectivity index is 1.68. The molecule has 0 radical (unpaired) electrons. The van der Waals surface area contributed by atoms with Gasteiger partial charge in [-0.05, 0) is 81.3 Å². The molecule has 0 N–H and O–H groups in total. The number of ether oxygens (including phenoxy) is 1. The summed E-state index contributed by atoms with van der Waals surface area (Å²) in [5, 5.41) is 0.919. The molecule has 1 atom stereocenters. The van der Waals surface area contributed by atoms with Crippen LogP contribution in [0.1, 0.15) is 42.4 Å². The number of hydrogen-bond donors (Lipinski definition) is 0. The molecule has 0 amide bonds. The van der Waals surface area contributed by atoms with Crippen LogP contribution in [0, 0.1) is 19.7 Å². The van der Waals surface area contributed by atoms with E-state index in [0.717, 1.165) is 22.6 Å². The molecule has 1 aliphatic rings. The van der Waals surface area contributed by atoms with Crippen LogP contribution in [0.2, 0.25) is 10.0 Å². The minimum atomic E-state index is -0.799. The average molecular weight is 585 g/mol. The van der Waals surface area contributed by atoms with Gasteiger partial charge in [0.2, 0.25) is 0 Å². The Morgan fingerprint density at radius 2 is 1.82 bits per heavy atom. The number of esters is 1. The number of carbonyl (C=O) groups excluding carboxylic acids is 1. The first-order valence-electron chi connectivity index (χ1n) is 12.2. The Morgan fingerprint density at radius 1 is 1.10 bits per heavy atom. The second kappa shape index (κ2) is 10.6. The number of rotatable bonds is 5. The summed E-state index contributed by atoms with van der Waals surface area (Å²) >= 11 is 13.6. The highest BCUT2D eigenvalue weighted by Gasteiger charge is 2.33. The van der Waals surface area contributed by atoms with Gasteiger partial charge in [0.25, 0.3) is 5.56 Å². The summed E-state index contributed by atoms with van der Waals surface area (Å²) in [5.74, 6) is -0.977. The lowest BCUT2D eigenvalue weighted by molar-refractivity contribution is -0.139. The Labute approximate surface area is 237 Å². The van der Waals surface area contributed by atoms with Gasteiger partial charge in [-0.25, -0.2) is 14.2 Å². The van der Waals surface area contributed by atoms with Crippen molar-refractivity contribution in [1.29, 1.82) is 0 Å². The molecule has 0 saturated heterocycles. The first-order chi connectivity index (χ1) is 18.6. The van der Waals surface area contributed by atoms with Crippen molar-refractivity contribution < 1.29 is 13.9 Å². The standard InChI is InChI=1S/C29H24Cl2FN3O3S/c1-5-38-28(37)25-16(3)33-29-35(26(25)18-6-8-20(32)9-7-18)27(36)24(39-29)13-19-12-15(2)34(17(19)4)21-10-11-22(30)23(31)14-21/h6-14,26H,5H2,1-4H3/b24-13+/t26-/m1/s1. The van der Waals surface area contributed by atoms with E-state index in [4.69, 9.17) is 27.9 Å². The molecule has 0 bridgehead atoms. The highest BCUT2D eigenvalue weighted by Crippen LogP contribution is 2.31. The van der Waals surface area contributed by atoms with Crippen LogP contribution in [0.25, 0.3) is 11.8 Å². The van der Waals surface area contributed by atoms with Crippen LogP contribution >= 0.6 is 34.5 Å². The third-order valence-corrected chi connectivity index (χ3v) is 8.34. The van der Waals surface area contributed by atoms with Crippen LogP contribution in [0.5, 0.6) is 0 Å². The van der Waals surface area contributed by atoms with Crippen molar-refractivity contribution in [3.8, 4) is 5.69 Å². The maximum Gasteiger partial charge on any atom is 0.338 e. The number of nitrogens with zero attached hydrogens (tertiary/aromatic N) is 3. The first kappa shape index (κ1) is 27.1. The summed E-state index contributed by atoms with van der Waals surface area (Å²) in [7, 11) is 0. The number of fused-ring (bicyclic) bond motifs is 1. The first-order valence-corrected chi connectivity index (χ1v) is 13.8. The number of hydrogen-bond acceptors (Lipinski definition) is 5. The van der Waals surface area contributed by atoms with Gasteiger partial charge in [-0.15, -0.1) is 0 Å². The third kappa shape index (κ3) is 4.88. The number of thiazole rings is 1. The molecule has 6 nitrogen and oxygen atoms in total. The van der Waals surface area contributed by atoms with Crippen molar-refractivity contribution >= 4 is 46.6 Å². The fourth-order valence-corrected chi connectivity index (χ4v) is 6.18. The number of aryl methyl sites for hydroxylation is 1. The summed E-state index contributed by atoms with van der Waals surface area (Å²) < 4.78 is 23.0. The molecule has 0 saturated carbocycles. The highest BCUT2D eigenvalue weighted by molar-refractivity contribution is 7.07. The molecule has 0 unspecified atom stereocenters. The molecular weight excluding hydrogens is 560 g/mol. The maximum atomic E-state index is 13.9. The van der Waals surface area contributed by atoms with Gasteiger partial charge in [0.1, 0.15) is 5.82 Å². The molecule has 0 fully saturated rings. The smallest absolute Gasteiger partial charge is 0.338 e. The van der Waals surface area contributed by atoms with Crippen LogP contribution in [0.4, 0.5) is 4.39 Å². The van der Waals surface area contributed by atoms with E-state index in [-0.39, 0.29) is 17.7 Å². The predicted octanol–water partition coefficient (Wildman–Crippen LogP) is 5.65. The van der Waals surface area contributed by atoms with Crippen molar-refractivity contribution in [2.45, 2.75) is 33.7 Å². The van der Waals surface area contributed by atoms with Crippen LogP contribution < -0.4 is 14.9 Å². The Kier molecular flexibility index (Phi) is 7.37. The lowest BCUT2D eigenvalue weighted by Crippen LogP contribution is -2.39. The molecule has 2 aromatic carbocycles. The minimum absolute atomic E-state index is 0.171. The van der Waals surface area contributed by atoms with Crippen molar-refractivity contribution in [3.05, 3.63) is 118 Å². The number of benzene rings is 2. The highest BCUT2D eigenvalue weighted by atomic mass is 35.5. The molecule has 0 spiro atoms. The van der Waals surface area contributed by atoms with E-state index in [9.17, 15) is 14.0 Å². The summed E-state index contributed by atoms with van der Waals surface area (Å²) in [6.45, 7) is 7.53. The number of allylic oxidation sites excluding steroid dienone is 1. The van der Waals surface area contributed by atoms with Gasteiger partial charge in [0.15, 0.2) is 4.80 Å². The zero-order chi connectivity index (χ0) is 28.0. The molecule has 5 rings (SSSR count). The second-order valence-corrected chi connectivity index (χ2v) is 10.9. The van der Waals surface area contributed by atoms with E-state index < -0.39 is 17.8 Å². The van der Waals surface area contributed by atoms with Gasteiger partial charge < -0.3 is 9.30 Å². The average Bonchev–Trinajstić information content (AvgIpc) is 3.35. The number of carbonyl (C=O) groups is 1.